The van der Waals surface area contributed by atoms with Gasteiger partial charge in [0.2, 0.25) is 21.2 Å². The number of aromatic hydroxyl groups is 1. The van der Waals surface area contributed by atoms with Gasteiger partial charge in [0, 0.05) is 18.5 Å². The van der Waals surface area contributed by atoms with Crippen LogP contribution in [0.15, 0.2) is 76.1 Å². The Morgan fingerprint density at radius 1 is 1.00 bits per heavy atom. The van der Waals surface area contributed by atoms with Crippen molar-refractivity contribution in [3.05, 3.63) is 88.5 Å². The van der Waals surface area contributed by atoms with E-state index in [1.54, 1.807) is 0 Å². The number of nitrogens with one attached hydrogen (secondary N) is 1. The smallest absolute Gasteiger partial charge is 0.226 e. The van der Waals surface area contributed by atoms with Gasteiger partial charge in [0.1, 0.15) is 0 Å². The van der Waals surface area contributed by atoms with Gasteiger partial charge in [-0.15, -0.1) is 0 Å². The summed E-state index contributed by atoms with van der Waals surface area (Å²) in [6, 6.07) is 18.9. The molecule has 28 heavy (non-hydrogen) atoms. The van der Waals surface area contributed by atoms with Crippen LogP contribution in [0.3, 0.4) is 0 Å². The predicted octanol–water partition coefficient (Wildman–Crippen LogP) is 2.89. The molecule has 0 saturated heterocycles. The van der Waals surface area contributed by atoms with Crippen LogP contribution >= 0.6 is 0 Å². The molecule has 1 atom stereocenters. The van der Waals surface area contributed by atoms with E-state index in [-0.39, 0.29) is 12.3 Å². The summed E-state index contributed by atoms with van der Waals surface area (Å²) in [5.74, 6) is -0.967. The van der Waals surface area contributed by atoms with Gasteiger partial charge >= 0.3 is 0 Å². The molecule has 0 aliphatic carbocycles. The van der Waals surface area contributed by atoms with Crippen molar-refractivity contribution in [2.75, 3.05) is 12.8 Å². The van der Waals surface area contributed by atoms with E-state index < -0.39 is 27.1 Å². The first-order chi connectivity index (χ1) is 13.3. The second-order valence-electron chi connectivity index (χ2n) is 6.58. The van der Waals surface area contributed by atoms with Crippen molar-refractivity contribution in [3.8, 4) is 16.9 Å². The Balaban J connectivity index is 1.86. The van der Waals surface area contributed by atoms with Crippen LogP contribution in [0.25, 0.3) is 11.1 Å². The molecule has 1 unspecified atom stereocenters. The quantitative estimate of drug-likeness (QED) is 0.637. The number of sulfonamides is 1. The molecule has 2 N–H and O–H groups in total. The fourth-order valence-corrected chi connectivity index (χ4v) is 3.48. The zero-order chi connectivity index (χ0) is 20.1. The Bertz CT molecular complexity index is 1090. The standard InChI is InChI=1S/C21H21NO5S/c1-28(25,26)22-14-18(21-20(24)19(23)11-12-27-21)13-15-7-9-17(10-8-15)16-5-3-2-4-6-16/h2-12,18,22,24H,13-14H2,1H3. The average Bonchev–Trinajstić information content (AvgIpc) is 2.68. The third-order valence-corrected chi connectivity index (χ3v) is 5.08. The fraction of sp³-hybridized carbons (Fsp3) is 0.190. The van der Waals surface area contributed by atoms with Crippen LogP contribution in [-0.4, -0.2) is 26.3 Å². The van der Waals surface area contributed by atoms with Gasteiger partial charge in [-0.3, -0.25) is 4.79 Å². The molecule has 0 aliphatic rings. The summed E-state index contributed by atoms with van der Waals surface area (Å²) in [7, 11) is -3.44. The van der Waals surface area contributed by atoms with Gasteiger partial charge < -0.3 is 9.52 Å². The highest BCUT2D eigenvalue weighted by atomic mass is 32.2. The maximum absolute atomic E-state index is 11.8. The van der Waals surface area contributed by atoms with Crippen LogP contribution in [0, 0.1) is 0 Å². The molecule has 6 nitrogen and oxygen atoms in total. The highest BCUT2D eigenvalue weighted by molar-refractivity contribution is 7.88. The van der Waals surface area contributed by atoms with Crippen molar-refractivity contribution in [2.24, 2.45) is 0 Å². The van der Waals surface area contributed by atoms with E-state index in [2.05, 4.69) is 4.72 Å². The maximum atomic E-state index is 11.8. The Labute approximate surface area is 163 Å². The van der Waals surface area contributed by atoms with Crippen molar-refractivity contribution in [3.63, 3.8) is 0 Å². The molecule has 0 radical (unpaired) electrons. The zero-order valence-corrected chi connectivity index (χ0v) is 16.1. The van der Waals surface area contributed by atoms with Crippen molar-refractivity contribution < 1.29 is 17.9 Å². The normalized spacial score (nSPS) is 12.6. The first kappa shape index (κ1) is 19.9. The lowest BCUT2D eigenvalue weighted by molar-refractivity contribution is 0.373. The summed E-state index contributed by atoms with van der Waals surface area (Å²) in [5, 5.41) is 10.1. The third-order valence-electron chi connectivity index (χ3n) is 4.39. The van der Waals surface area contributed by atoms with E-state index in [0.29, 0.717) is 6.42 Å². The SMILES string of the molecule is CS(=O)(=O)NCC(Cc1ccc(-c2ccccc2)cc1)c1occc(=O)c1O. The molecule has 1 heterocycles. The molecular weight excluding hydrogens is 378 g/mol. The number of hydrogen-bond donors (Lipinski definition) is 2. The van der Waals surface area contributed by atoms with E-state index in [9.17, 15) is 18.3 Å². The van der Waals surface area contributed by atoms with Crippen molar-refractivity contribution in [1.29, 1.82) is 0 Å². The third kappa shape index (κ3) is 5.09. The van der Waals surface area contributed by atoms with Crippen LogP contribution in [0.2, 0.25) is 0 Å². The highest BCUT2D eigenvalue weighted by Gasteiger charge is 2.22. The van der Waals surface area contributed by atoms with Gasteiger partial charge in [0.15, 0.2) is 5.76 Å². The first-order valence-corrected chi connectivity index (χ1v) is 10.6. The lowest BCUT2D eigenvalue weighted by Crippen LogP contribution is -2.28. The average molecular weight is 399 g/mol. The summed E-state index contributed by atoms with van der Waals surface area (Å²) < 4.78 is 30.8. The Morgan fingerprint density at radius 3 is 2.29 bits per heavy atom. The topological polar surface area (TPSA) is 96.6 Å². The summed E-state index contributed by atoms with van der Waals surface area (Å²) >= 11 is 0. The van der Waals surface area contributed by atoms with Gasteiger partial charge in [-0.1, -0.05) is 54.6 Å². The maximum Gasteiger partial charge on any atom is 0.226 e. The number of hydrogen-bond acceptors (Lipinski definition) is 5. The van der Waals surface area contributed by atoms with E-state index >= 15 is 0 Å². The first-order valence-electron chi connectivity index (χ1n) is 8.73. The van der Waals surface area contributed by atoms with Crippen LogP contribution in [0.5, 0.6) is 5.75 Å². The fourth-order valence-electron chi connectivity index (χ4n) is 2.97. The minimum Gasteiger partial charge on any atom is -0.502 e. The van der Waals surface area contributed by atoms with Crippen molar-refractivity contribution in [2.45, 2.75) is 12.3 Å². The van der Waals surface area contributed by atoms with E-state index in [0.717, 1.165) is 29.0 Å². The summed E-state index contributed by atoms with van der Waals surface area (Å²) in [4.78, 5) is 11.8. The second kappa shape index (κ2) is 8.41. The minimum absolute atomic E-state index is 0.000215. The molecule has 0 spiro atoms. The Kier molecular flexibility index (Phi) is 5.96. The minimum atomic E-state index is -3.44. The van der Waals surface area contributed by atoms with Crippen molar-refractivity contribution >= 4 is 10.0 Å². The van der Waals surface area contributed by atoms with E-state index in [1.807, 2.05) is 54.6 Å². The van der Waals surface area contributed by atoms with Gasteiger partial charge in [0.05, 0.1) is 12.5 Å². The number of benzene rings is 2. The Hall–Kier alpha value is -2.90. The largest absolute Gasteiger partial charge is 0.502 e. The molecule has 0 bridgehead atoms. The summed E-state index contributed by atoms with van der Waals surface area (Å²) in [5.41, 5.74) is 2.51. The molecule has 146 valence electrons. The molecule has 3 rings (SSSR count). The lowest BCUT2D eigenvalue weighted by Gasteiger charge is -2.17. The molecular formula is C21H21NO5S. The molecule has 2 aromatic carbocycles. The lowest BCUT2D eigenvalue weighted by atomic mass is 9.94. The zero-order valence-electron chi connectivity index (χ0n) is 15.3. The Morgan fingerprint density at radius 2 is 1.64 bits per heavy atom. The molecule has 7 heteroatoms. The molecule has 1 aromatic heterocycles. The van der Waals surface area contributed by atoms with Gasteiger partial charge in [-0.25, -0.2) is 13.1 Å². The molecule has 0 fully saturated rings. The number of rotatable bonds is 7. The van der Waals surface area contributed by atoms with Crippen molar-refractivity contribution in [1.82, 2.24) is 4.72 Å². The molecule has 0 aliphatic heterocycles. The van der Waals surface area contributed by atoms with Crippen LogP contribution in [0.1, 0.15) is 17.2 Å². The van der Waals surface area contributed by atoms with Crippen LogP contribution in [-0.2, 0) is 16.4 Å². The molecule has 3 aromatic rings. The van der Waals surface area contributed by atoms with Crippen LogP contribution < -0.4 is 10.2 Å². The van der Waals surface area contributed by atoms with Gasteiger partial charge in [-0.05, 0) is 23.1 Å². The second-order valence-corrected chi connectivity index (χ2v) is 8.42. The predicted molar refractivity (Wildman–Crippen MR) is 108 cm³/mol. The summed E-state index contributed by atoms with van der Waals surface area (Å²) in [6.07, 6.45) is 2.64. The van der Waals surface area contributed by atoms with E-state index in [1.165, 1.54) is 6.26 Å². The van der Waals surface area contributed by atoms with E-state index in [4.69, 9.17) is 4.42 Å². The molecule has 0 amide bonds. The van der Waals surface area contributed by atoms with Crippen LogP contribution in [0.4, 0.5) is 0 Å². The molecule has 0 saturated carbocycles. The summed E-state index contributed by atoms with van der Waals surface area (Å²) in [6.45, 7) is -0.000215. The van der Waals surface area contributed by atoms with Gasteiger partial charge in [-0.2, -0.15) is 0 Å². The van der Waals surface area contributed by atoms with Gasteiger partial charge in [0.25, 0.3) is 0 Å². The monoisotopic (exact) mass is 399 g/mol. The highest BCUT2D eigenvalue weighted by Crippen LogP contribution is 2.27.